The van der Waals surface area contributed by atoms with Gasteiger partial charge < -0.3 is 15.4 Å². The van der Waals surface area contributed by atoms with Crippen LogP contribution in [0.15, 0.2) is 6.08 Å². The Hall–Kier alpha value is -2.18. The first kappa shape index (κ1) is 11.9. The number of nitrogens with zero attached hydrogens (tertiary/aromatic N) is 2. The molecule has 16 heavy (non-hydrogen) atoms. The van der Waals surface area contributed by atoms with Gasteiger partial charge in [0.05, 0.1) is 0 Å². The van der Waals surface area contributed by atoms with E-state index in [1.807, 2.05) is 0 Å². The molecule has 0 aliphatic rings. The number of nitrogens with one attached hydrogen (secondary N) is 2. The second-order valence-electron chi connectivity index (χ2n) is 3.15. The summed E-state index contributed by atoms with van der Waals surface area (Å²) in [5.74, 6) is 0.180. The van der Waals surface area contributed by atoms with Crippen molar-refractivity contribution in [3.8, 4) is 0 Å². The lowest BCUT2D eigenvalue weighted by Crippen LogP contribution is -2.19. The average Bonchev–Trinajstić information content (AvgIpc) is 2.54. The molecular formula is C9H12N4O3. The molecule has 0 fully saturated rings. The van der Waals surface area contributed by atoms with Crippen molar-refractivity contribution >= 4 is 17.8 Å². The molecule has 0 aliphatic carbocycles. The number of carbonyl (C=O) groups is 1. The summed E-state index contributed by atoms with van der Waals surface area (Å²) in [4.78, 5) is 27.1. The average molecular weight is 224 g/mol. The fraction of sp³-hybridized carbons (Fsp3) is 0.333. The molecule has 0 aliphatic heterocycles. The summed E-state index contributed by atoms with van der Waals surface area (Å²) >= 11 is 0. The summed E-state index contributed by atoms with van der Waals surface area (Å²) in [6, 6.07) is 0. The van der Waals surface area contributed by atoms with Crippen LogP contribution in [-0.2, 0) is 4.79 Å². The molecule has 0 saturated carbocycles. The van der Waals surface area contributed by atoms with Crippen LogP contribution in [0.2, 0.25) is 0 Å². The Balaban J connectivity index is 2.72. The molecule has 0 aromatic carbocycles. The first-order valence-corrected chi connectivity index (χ1v) is 4.62. The number of imidazole rings is 1. The molecule has 1 heterocycles. The van der Waals surface area contributed by atoms with Crippen LogP contribution in [0.25, 0.3) is 6.08 Å². The zero-order valence-corrected chi connectivity index (χ0v) is 8.98. The Morgan fingerprint density at radius 2 is 2.38 bits per heavy atom. The lowest BCUT2D eigenvalue weighted by atomic mass is 10.3. The Kier molecular flexibility index (Phi) is 3.76. The first-order valence-electron chi connectivity index (χ1n) is 4.62. The van der Waals surface area contributed by atoms with Crippen LogP contribution in [-0.4, -0.2) is 27.3 Å². The van der Waals surface area contributed by atoms with Gasteiger partial charge in [0.15, 0.2) is 11.5 Å². The van der Waals surface area contributed by atoms with Crippen molar-refractivity contribution in [2.75, 3.05) is 6.54 Å². The lowest BCUT2D eigenvalue weighted by molar-refractivity contribution is -0.389. The van der Waals surface area contributed by atoms with Gasteiger partial charge in [0.2, 0.25) is 5.91 Å². The van der Waals surface area contributed by atoms with E-state index in [-0.39, 0.29) is 17.4 Å². The van der Waals surface area contributed by atoms with Gasteiger partial charge in [-0.3, -0.25) is 4.79 Å². The van der Waals surface area contributed by atoms with E-state index in [0.717, 1.165) is 0 Å². The molecule has 0 spiro atoms. The van der Waals surface area contributed by atoms with E-state index in [9.17, 15) is 14.9 Å². The lowest BCUT2D eigenvalue weighted by Gasteiger charge is -1.94. The Bertz CT molecular complexity index is 436. The Morgan fingerprint density at radius 3 is 2.94 bits per heavy atom. The molecule has 1 aromatic rings. The van der Waals surface area contributed by atoms with Crippen LogP contribution in [0.3, 0.4) is 0 Å². The molecule has 7 nitrogen and oxygen atoms in total. The van der Waals surface area contributed by atoms with Crippen molar-refractivity contribution in [3.05, 3.63) is 27.7 Å². The molecule has 0 atom stereocenters. The van der Waals surface area contributed by atoms with Gasteiger partial charge in [-0.1, -0.05) is 6.08 Å². The predicted octanol–water partition coefficient (Wildman–Crippen LogP) is 0.776. The Morgan fingerprint density at radius 1 is 1.69 bits per heavy atom. The summed E-state index contributed by atoms with van der Waals surface area (Å²) in [6.45, 7) is 3.35. The molecular weight excluding hydrogens is 212 g/mol. The van der Waals surface area contributed by atoms with E-state index in [1.54, 1.807) is 13.0 Å². The van der Waals surface area contributed by atoms with E-state index in [2.05, 4.69) is 15.3 Å². The van der Waals surface area contributed by atoms with Crippen molar-refractivity contribution in [1.29, 1.82) is 0 Å². The van der Waals surface area contributed by atoms with Crippen molar-refractivity contribution in [3.63, 3.8) is 0 Å². The SMILES string of the molecule is CC(=O)NCC=Cc1nc(C)[nH]c1[N+](=O)[O-]. The third kappa shape index (κ3) is 3.19. The van der Waals surface area contributed by atoms with Gasteiger partial charge in [-0.05, 0) is 11.0 Å². The highest BCUT2D eigenvalue weighted by Gasteiger charge is 2.14. The number of hydrogen-bond acceptors (Lipinski definition) is 4. The van der Waals surface area contributed by atoms with E-state index in [4.69, 9.17) is 0 Å². The maximum atomic E-state index is 10.6. The normalized spacial score (nSPS) is 10.6. The van der Waals surface area contributed by atoms with Gasteiger partial charge in [-0.15, -0.1) is 0 Å². The third-order valence-corrected chi connectivity index (χ3v) is 1.76. The van der Waals surface area contributed by atoms with E-state index in [0.29, 0.717) is 12.4 Å². The molecule has 7 heteroatoms. The molecule has 1 amide bonds. The van der Waals surface area contributed by atoms with Crippen molar-refractivity contribution in [2.45, 2.75) is 13.8 Å². The quantitative estimate of drug-likeness (QED) is 0.582. The number of aromatic nitrogens is 2. The van der Waals surface area contributed by atoms with Crippen molar-refractivity contribution < 1.29 is 9.72 Å². The zero-order chi connectivity index (χ0) is 12.1. The molecule has 1 aromatic heterocycles. The summed E-state index contributed by atoms with van der Waals surface area (Å²) in [7, 11) is 0. The van der Waals surface area contributed by atoms with Gasteiger partial charge in [-0.25, -0.2) is 9.97 Å². The Labute approximate surface area is 91.7 Å². The summed E-state index contributed by atoms with van der Waals surface area (Å²) in [5.41, 5.74) is 0.257. The zero-order valence-electron chi connectivity index (χ0n) is 8.98. The largest absolute Gasteiger partial charge is 0.358 e. The van der Waals surface area contributed by atoms with Crippen LogP contribution in [0.1, 0.15) is 18.4 Å². The number of H-pyrrole nitrogens is 1. The summed E-state index contributed by atoms with van der Waals surface area (Å²) in [5, 5.41) is 13.1. The minimum absolute atomic E-state index is 0.142. The van der Waals surface area contributed by atoms with Crippen LogP contribution < -0.4 is 5.32 Å². The van der Waals surface area contributed by atoms with E-state index in [1.165, 1.54) is 13.0 Å². The predicted molar refractivity (Wildman–Crippen MR) is 57.7 cm³/mol. The fourth-order valence-electron chi connectivity index (χ4n) is 1.13. The number of nitro groups is 1. The van der Waals surface area contributed by atoms with Crippen molar-refractivity contribution in [2.24, 2.45) is 0 Å². The molecule has 0 radical (unpaired) electrons. The smallest absolute Gasteiger partial charge is 0.348 e. The number of hydrogen-bond donors (Lipinski definition) is 2. The monoisotopic (exact) mass is 224 g/mol. The maximum absolute atomic E-state index is 10.6. The highest BCUT2D eigenvalue weighted by Crippen LogP contribution is 2.15. The van der Waals surface area contributed by atoms with Gasteiger partial charge >= 0.3 is 5.82 Å². The maximum Gasteiger partial charge on any atom is 0.348 e. The second-order valence-corrected chi connectivity index (χ2v) is 3.15. The van der Waals surface area contributed by atoms with Gasteiger partial charge in [0.25, 0.3) is 0 Å². The fourth-order valence-corrected chi connectivity index (χ4v) is 1.13. The van der Waals surface area contributed by atoms with Crippen LogP contribution in [0.4, 0.5) is 5.82 Å². The number of amides is 1. The molecule has 1 rings (SSSR count). The first-order chi connectivity index (χ1) is 7.50. The van der Waals surface area contributed by atoms with Crippen LogP contribution in [0, 0.1) is 17.0 Å². The molecule has 0 bridgehead atoms. The third-order valence-electron chi connectivity index (χ3n) is 1.76. The minimum Gasteiger partial charge on any atom is -0.358 e. The van der Waals surface area contributed by atoms with Crippen LogP contribution >= 0.6 is 0 Å². The van der Waals surface area contributed by atoms with Gasteiger partial charge in [0, 0.05) is 20.4 Å². The van der Waals surface area contributed by atoms with Gasteiger partial charge in [-0.2, -0.15) is 0 Å². The molecule has 2 N–H and O–H groups in total. The molecule has 86 valence electrons. The molecule has 0 unspecified atom stereocenters. The minimum atomic E-state index is -0.530. The second kappa shape index (κ2) is 5.06. The highest BCUT2D eigenvalue weighted by atomic mass is 16.6. The number of aryl methyl sites for hydroxylation is 1. The van der Waals surface area contributed by atoms with Crippen molar-refractivity contribution in [1.82, 2.24) is 15.3 Å². The number of rotatable bonds is 4. The topological polar surface area (TPSA) is 101 Å². The highest BCUT2D eigenvalue weighted by molar-refractivity contribution is 5.73. The number of aromatic amines is 1. The summed E-state index contributed by atoms with van der Waals surface area (Å²) in [6.07, 6.45) is 3.10. The number of carbonyl (C=O) groups excluding carboxylic acids is 1. The van der Waals surface area contributed by atoms with E-state index >= 15 is 0 Å². The summed E-state index contributed by atoms with van der Waals surface area (Å²) < 4.78 is 0. The van der Waals surface area contributed by atoms with Crippen LogP contribution in [0.5, 0.6) is 0 Å². The standard InChI is InChI=1S/C9H12N4O3/c1-6-11-8(9(12-6)13(15)16)4-3-5-10-7(2)14/h3-4H,5H2,1-2H3,(H,10,14)(H,11,12). The van der Waals surface area contributed by atoms with Gasteiger partial charge in [0.1, 0.15) is 0 Å². The molecule has 0 saturated heterocycles. The van der Waals surface area contributed by atoms with E-state index < -0.39 is 4.92 Å².